The van der Waals surface area contributed by atoms with E-state index in [4.69, 9.17) is 4.74 Å². The van der Waals surface area contributed by atoms with Gasteiger partial charge in [0.05, 0.1) is 30.6 Å². The summed E-state index contributed by atoms with van der Waals surface area (Å²) in [5.74, 6) is 0.192. The molecule has 0 unspecified atom stereocenters. The maximum Gasteiger partial charge on any atom is 0.224 e. The average molecular weight is 365 g/mol. The number of piperidine rings is 1. The van der Waals surface area contributed by atoms with Crippen molar-refractivity contribution < 1.29 is 9.53 Å². The van der Waals surface area contributed by atoms with Gasteiger partial charge >= 0.3 is 0 Å². The number of benzene rings is 1. The molecule has 1 saturated heterocycles. The van der Waals surface area contributed by atoms with Gasteiger partial charge in [-0.15, -0.1) is 5.10 Å². The Labute approximate surface area is 157 Å². The van der Waals surface area contributed by atoms with Crippen molar-refractivity contribution in [2.75, 3.05) is 13.1 Å². The Morgan fingerprint density at radius 2 is 2.22 bits per heavy atom. The number of hydrogen-bond acceptors (Lipinski definition) is 4. The molecule has 2 aromatic heterocycles. The number of aryl methyl sites for hydroxylation is 2. The molecule has 5 rings (SSSR count). The fourth-order valence-electron chi connectivity index (χ4n) is 4.42. The first-order chi connectivity index (χ1) is 13.2. The first-order valence-corrected chi connectivity index (χ1v) is 9.54. The van der Waals surface area contributed by atoms with Crippen molar-refractivity contribution in [2.24, 2.45) is 0 Å². The summed E-state index contributed by atoms with van der Waals surface area (Å²) in [7, 11) is 0. The molecule has 27 heavy (non-hydrogen) atoms. The lowest BCUT2D eigenvalue weighted by Gasteiger charge is -2.41. The number of ether oxygens (including phenoxy) is 1. The number of aromatic nitrogens is 4. The Morgan fingerprint density at radius 3 is 3.15 bits per heavy atom. The summed E-state index contributed by atoms with van der Waals surface area (Å²) in [4.78, 5) is 14.9. The number of para-hydroxylation sites is 1. The Balaban J connectivity index is 1.29. The van der Waals surface area contributed by atoms with Crippen molar-refractivity contribution >= 4 is 16.8 Å². The number of carbonyl (C=O) groups excluding carboxylic acids is 1. The highest BCUT2D eigenvalue weighted by molar-refractivity contribution is 5.82. The minimum absolute atomic E-state index is 0.0723. The summed E-state index contributed by atoms with van der Waals surface area (Å²) >= 11 is 0. The van der Waals surface area contributed by atoms with Crippen molar-refractivity contribution in [1.82, 2.24) is 24.5 Å². The van der Waals surface area contributed by atoms with E-state index < -0.39 is 0 Å². The zero-order valence-corrected chi connectivity index (χ0v) is 15.4. The first-order valence-electron chi connectivity index (χ1n) is 9.54. The molecule has 0 spiro atoms. The molecule has 1 aromatic carbocycles. The van der Waals surface area contributed by atoms with Crippen LogP contribution in [0.15, 0.2) is 36.5 Å². The molecule has 0 aliphatic carbocycles. The number of hydrogen-bond donors (Lipinski definition) is 0. The number of amides is 1. The maximum absolute atomic E-state index is 12.9. The van der Waals surface area contributed by atoms with Gasteiger partial charge in [0.25, 0.3) is 0 Å². The summed E-state index contributed by atoms with van der Waals surface area (Å²) in [5, 5.41) is 9.43. The predicted octanol–water partition coefficient (Wildman–Crippen LogP) is 2.30. The van der Waals surface area contributed by atoms with Crippen LogP contribution in [0.5, 0.6) is 0 Å². The molecule has 0 bridgehead atoms. The van der Waals surface area contributed by atoms with Crippen LogP contribution in [0, 0.1) is 6.92 Å². The van der Waals surface area contributed by atoms with Crippen LogP contribution >= 0.6 is 0 Å². The van der Waals surface area contributed by atoms with Gasteiger partial charge in [-0.2, -0.15) is 0 Å². The fraction of sp³-hybridized carbons (Fsp3) is 0.450. The van der Waals surface area contributed by atoms with E-state index in [0.29, 0.717) is 26.1 Å². The van der Waals surface area contributed by atoms with E-state index in [-0.39, 0.29) is 18.1 Å². The summed E-state index contributed by atoms with van der Waals surface area (Å²) < 4.78 is 10.1. The highest BCUT2D eigenvalue weighted by Gasteiger charge is 2.37. The molecule has 3 aromatic rings. The monoisotopic (exact) mass is 365 g/mol. The van der Waals surface area contributed by atoms with Gasteiger partial charge in [-0.05, 0) is 30.9 Å². The third kappa shape index (κ3) is 2.82. The number of fused-ring (bicyclic) bond motifs is 4. The van der Waals surface area contributed by atoms with Crippen LogP contribution in [0.2, 0.25) is 0 Å². The topological polar surface area (TPSA) is 65.2 Å². The summed E-state index contributed by atoms with van der Waals surface area (Å²) in [6, 6.07) is 10.6. The van der Waals surface area contributed by atoms with Gasteiger partial charge in [0.1, 0.15) is 0 Å². The van der Waals surface area contributed by atoms with E-state index in [0.717, 1.165) is 18.7 Å². The van der Waals surface area contributed by atoms with Crippen LogP contribution in [-0.2, 0) is 22.7 Å². The standard InChI is InChI=1S/C20H23N5O2/c1-14-10-15-4-2-3-5-17(15)24(14)9-7-20(26)23-8-6-19-18(12-23)25-16(13-27-19)11-21-22-25/h2-5,10-11,18-19H,6-9,12-13H2,1H3/t18-,19+/m0/s1. The minimum Gasteiger partial charge on any atom is -0.370 e. The summed E-state index contributed by atoms with van der Waals surface area (Å²) in [6.07, 6.45) is 3.22. The van der Waals surface area contributed by atoms with Crippen LogP contribution in [0.4, 0.5) is 0 Å². The Hall–Kier alpha value is -2.67. The van der Waals surface area contributed by atoms with Crippen molar-refractivity contribution in [3.63, 3.8) is 0 Å². The van der Waals surface area contributed by atoms with Crippen molar-refractivity contribution in [1.29, 1.82) is 0 Å². The van der Waals surface area contributed by atoms with Gasteiger partial charge in [0.2, 0.25) is 5.91 Å². The Kier molecular flexibility index (Phi) is 3.97. The van der Waals surface area contributed by atoms with E-state index in [2.05, 4.69) is 40.0 Å². The van der Waals surface area contributed by atoms with Crippen LogP contribution in [0.3, 0.4) is 0 Å². The minimum atomic E-state index is 0.0723. The second-order valence-electron chi connectivity index (χ2n) is 7.46. The Morgan fingerprint density at radius 1 is 1.33 bits per heavy atom. The van der Waals surface area contributed by atoms with E-state index in [1.54, 1.807) is 6.20 Å². The van der Waals surface area contributed by atoms with Crippen LogP contribution < -0.4 is 0 Å². The average Bonchev–Trinajstić information content (AvgIpc) is 3.29. The van der Waals surface area contributed by atoms with E-state index in [1.165, 1.54) is 16.6 Å². The number of rotatable bonds is 3. The van der Waals surface area contributed by atoms with Gasteiger partial charge < -0.3 is 14.2 Å². The van der Waals surface area contributed by atoms with Gasteiger partial charge in [0.15, 0.2) is 0 Å². The maximum atomic E-state index is 12.9. The highest BCUT2D eigenvalue weighted by atomic mass is 16.5. The fourth-order valence-corrected chi connectivity index (χ4v) is 4.42. The number of likely N-dealkylation sites (tertiary alicyclic amines) is 1. The molecule has 1 fully saturated rings. The van der Waals surface area contributed by atoms with Gasteiger partial charge in [0, 0.05) is 37.3 Å². The third-order valence-electron chi connectivity index (χ3n) is 5.85. The van der Waals surface area contributed by atoms with Crippen LogP contribution in [0.25, 0.3) is 10.9 Å². The molecule has 1 amide bonds. The zero-order valence-electron chi connectivity index (χ0n) is 15.4. The van der Waals surface area contributed by atoms with Crippen LogP contribution in [-0.4, -0.2) is 49.6 Å². The quantitative estimate of drug-likeness (QED) is 0.714. The van der Waals surface area contributed by atoms with Crippen molar-refractivity contribution in [2.45, 2.75) is 45.1 Å². The molecule has 0 N–H and O–H groups in total. The lowest BCUT2D eigenvalue weighted by Crippen LogP contribution is -2.50. The predicted molar refractivity (Wildman–Crippen MR) is 100 cm³/mol. The third-order valence-corrected chi connectivity index (χ3v) is 5.85. The van der Waals surface area contributed by atoms with Gasteiger partial charge in [-0.3, -0.25) is 4.79 Å². The second kappa shape index (κ2) is 6.49. The largest absolute Gasteiger partial charge is 0.370 e. The van der Waals surface area contributed by atoms with Gasteiger partial charge in [-0.1, -0.05) is 23.4 Å². The summed E-state index contributed by atoms with van der Waals surface area (Å²) in [5.41, 5.74) is 3.37. The molecule has 0 radical (unpaired) electrons. The normalized spacial score (nSPS) is 21.9. The first kappa shape index (κ1) is 16.5. The molecule has 2 aliphatic heterocycles. The molecule has 4 heterocycles. The van der Waals surface area contributed by atoms with Crippen molar-refractivity contribution in [3.8, 4) is 0 Å². The smallest absolute Gasteiger partial charge is 0.224 e. The lowest BCUT2D eigenvalue weighted by molar-refractivity contribution is -0.138. The van der Waals surface area contributed by atoms with Gasteiger partial charge in [-0.25, -0.2) is 4.68 Å². The molecule has 0 saturated carbocycles. The zero-order chi connectivity index (χ0) is 18.4. The van der Waals surface area contributed by atoms with Crippen LogP contribution in [0.1, 0.15) is 30.3 Å². The molecule has 7 nitrogen and oxygen atoms in total. The number of carbonyl (C=O) groups is 1. The van der Waals surface area contributed by atoms with Crippen molar-refractivity contribution in [3.05, 3.63) is 47.9 Å². The molecular formula is C20H23N5O2. The summed E-state index contributed by atoms with van der Waals surface area (Å²) in [6.45, 7) is 4.75. The molecule has 2 atom stereocenters. The molecule has 140 valence electrons. The lowest BCUT2D eigenvalue weighted by atomic mass is 10.00. The highest BCUT2D eigenvalue weighted by Crippen LogP contribution is 2.30. The number of nitrogens with zero attached hydrogens (tertiary/aromatic N) is 5. The molecular weight excluding hydrogens is 342 g/mol. The van der Waals surface area contributed by atoms with E-state index >= 15 is 0 Å². The SMILES string of the molecule is Cc1cc2ccccc2n1CCC(=O)N1CC[C@H]2OCc3cnnn3[C@H]2C1. The molecule has 2 aliphatic rings. The molecule has 7 heteroatoms. The van der Waals surface area contributed by atoms with E-state index in [9.17, 15) is 4.79 Å². The second-order valence-corrected chi connectivity index (χ2v) is 7.46. The van der Waals surface area contributed by atoms with E-state index in [1.807, 2.05) is 21.7 Å². The Bertz CT molecular complexity index is 991.